The van der Waals surface area contributed by atoms with Crippen molar-refractivity contribution in [1.29, 1.82) is 5.26 Å². The molecule has 0 aliphatic rings. The highest BCUT2D eigenvalue weighted by atomic mass is 19.1. The van der Waals surface area contributed by atoms with Crippen molar-refractivity contribution in [1.82, 2.24) is 4.90 Å². The molecule has 102 valence electrons. The largest absolute Gasteiger partial charge is 0.298 e. The third kappa shape index (κ3) is 3.19. The van der Waals surface area contributed by atoms with Crippen molar-refractivity contribution in [3.63, 3.8) is 0 Å². The van der Waals surface area contributed by atoms with E-state index in [1.54, 1.807) is 42.3 Å². The summed E-state index contributed by atoms with van der Waals surface area (Å²) in [6.07, 6.45) is 0. The molecule has 0 bridgehead atoms. The van der Waals surface area contributed by atoms with Gasteiger partial charge in [-0.25, -0.2) is 8.78 Å². The third-order valence-electron chi connectivity index (χ3n) is 3.04. The summed E-state index contributed by atoms with van der Waals surface area (Å²) in [6.45, 7) is 0.693. The number of benzene rings is 2. The Bertz CT molecular complexity index is 647. The second-order valence-electron chi connectivity index (χ2n) is 4.65. The van der Waals surface area contributed by atoms with Gasteiger partial charge < -0.3 is 0 Å². The van der Waals surface area contributed by atoms with Crippen LogP contribution in [0.4, 0.5) is 8.78 Å². The fraction of sp³-hybridized carbons (Fsp3) is 0.188. The van der Waals surface area contributed by atoms with Crippen molar-refractivity contribution < 1.29 is 8.78 Å². The number of nitriles is 1. The Hall–Kier alpha value is -2.25. The van der Waals surface area contributed by atoms with Crippen molar-refractivity contribution in [2.45, 2.75) is 13.1 Å². The van der Waals surface area contributed by atoms with Crippen LogP contribution in [0, 0.1) is 23.0 Å². The number of rotatable bonds is 4. The first-order chi connectivity index (χ1) is 9.61. The van der Waals surface area contributed by atoms with Crippen molar-refractivity contribution in [3.05, 3.63) is 70.8 Å². The van der Waals surface area contributed by atoms with Gasteiger partial charge in [0.1, 0.15) is 17.7 Å². The van der Waals surface area contributed by atoms with Gasteiger partial charge in [-0.05, 0) is 19.2 Å². The minimum atomic E-state index is -0.504. The van der Waals surface area contributed by atoms with E-state index in [9.17, 15) is 8.78 Å². The molecule has 20 heavy (non-hydrogen) atoms. The van der Waals surface area contributed by atoms with Crippen molar-refractivity contribution in [3.8, 4) is 6.07 Å². The van der Waals surface area contributed by atoms with Gasteiger partial charge in [0, 0.05) is 24.2 Å². The first kappa shape index (κ1) is 14.2. The minimum absolute atomic E-state index is 0.0294. The monoisotopic (exact) mass is 272 g/mol. The van der Waals surface area contributed by atoms with Gasteiger partial charge in [0.2, 0.25) is 0 Å². The highest BCUT2D eigenvalue weighted by Crippen LogP contribution is 2.16. The lowest BCUT2D eigenvalue weighted by molar-refractivity contribution is 0.308. The standard InChI is InChI=1S/C16H14F2N2/c1-20(10-13-5-2-3-8-15(13)17)11-14-7-4-6-12(9-19)16(14)18/h2-8H,10-11H2,1H3. The number of hydrogen-bond donors (Lipinski definition) is 0. The fourth-order valence-electron chi connectivity index (χ4n) is 2.05. The summed E-state index contributed by atoms with van der Waals surface area (Å²) in [5, 5.41) is 8.80. The van der Waals surface area contributed by atoms with Gasteiger partial charge in [0.25, 0.3) is 0 Å². The predicted molar refractivity (Wildman–Crippen MR) is 72.7 cm³/mol. The first-order valence-corrected chi connectivity index (χ1v) is 6.21. The highest BCUT2D eigenvalue weighted by Gasteiger charge is 2.11. The van der Waals surface area contributed by atoms with Crippen LogP contribution in [0.1, 0.15) is 16.7 Å². The van der Waals surface area contributed by atoms with Crippen LogP contribution in [-0.4, -0.2) is 11.9 Å². The van der Waals surface area contributed by atoms with Crippen LogP contribution < -0.4 is 0 Å². The molecule has 0 fully saturated rings. The second kappa shape index (κ2) is 6.27. The Morgan fingerprint density at radius 2 is 1.65 bits per heavy atom. The zero-order chi connectivity index (χ0) is 14.5. The normalized spacial score (nSPS) is 10.6. The van der Waals surface area contributed by atoms with Crippen LogP contribution in [0.5, 0.6) is 0 Å². The van der Waals surface area contributed by atoms with Gasteiger partial charge in [0.15, 0.2) is 0 Å². The zero-order valence-electron chi connectivity index (χ0n) is 11.1. The summed E-state index contributed by atoms with van der Waals surface area (Å²) in [5.74, 6) is -0.777. The molecule has 2 rings (SSSR count). The lowest BCUT2D eigenvalue weighted by atomic mass is 10.1. The van der Waals surface area contributed by atoms with Crippen molar-refractivity contribution >= 4 is 0 Å². The molecule has 0 aliphatic carbocycles. The van der Waals surface area contributed by atoms with Crippen LogP contribution in [-0.2, 0) is 13.1 Å². The van der Waals surface area contributed by atoms with E-state index in [0.29, 0.717) is 24.2 Å². The van der Waals surface area contributed by atoms with Gasteiger partial charge in [-0.2, -0.15) is 5.26 Å². The summed E-state index contributed by atoms with van der Waals surface area (Å²) in [7, 11) is 1.78. The number of nitrogens with zero attached hydrogens (tertiary/aromatic N) is 2. The summed E-state index contributed by atoms with van der Waals surface area (Å²) >= 11 is 0. The van der Waals surface area contributed by atoms with Gasteiger partial charge >= 0.3 is 0 Å². The van der Waals surface area contributed by atoms with Gasteiger partial charge in [0.05, 0.1) is 5.56 Å². The SMILES string of the molecule is CN(Cc1ccccc1F)Cc1cccc(C#N)c1F. The maximum Gasteiger partial charge on any atom is 0.145 e. The molecule has 0 saturated carbocycles. The Morgan fingerprint density at radius 1 is 1.00 bits per heavy atom. The topological polar surface area (TPSA) is 27.0 Å². The summed E-state index contributed by atoms with van der Waals surface area (Å²) in [6, 6.07) is 13.0. The van der Waals surface area contributed by atoms with Crippen molar-refractivity contribution in [2.24, 2.45) is 0 Å². The quantitative estimate of drug-likeness (QED) is 0.852. The second-order valence-corrected chi connectivity index (χ2v) is 4.65. The molecule has 0 radical (unpaired) electrons. The highest BCUT2D eigenvalue weighted by molar-refractivity contribution is 5.35. The molecule has 2 aromatic carbocycles. The van der Waals surface area contributed by atoms with E-state index >= 15 is 0 Å². The molecule has 0 N–H and O–H groups in total. The molecule has 2 aromatic rings. The molecule has 0 aromatic heterocycles. The van der Waals surface area contributed by atoms with E-state index < -0.39 is 5.82 Å². The number of hydrogen-bond acceptors (Lipinski definition) is 2. The Labute approximate surface area is 116 Å². The lowest BCUT2D eigenvalue weighted by Gasteiger charge is -2.17. The smallest absolute Gasteiger partial charge is 0.145 e. The Balaban J connectivity index is 2.11. The average Bonchev–Trinajstić information content (AvgIpc) is 2.44. The molecule has 4 heteroatoms. The summed E-state index contributed by atoms with van der Waals surface area (Å²) < 4.78 is 27.5. The fourth-order valence-corrected chi connectivity index (χ4v) is 2.05. The van der Waals surface area contributed by atoms with Crippen LogP contribution in [0.2, 0.25) is 0 Å². The third-order valence-corrected chi connectivity index (χ3v) is 3.04. The lowest BCUT2D eigenvalue weighted by Crippen LogP contribution is -2.19. The Kier molecular flexibility index (Phi) is 4.44. The van der Waals surface area contributed by atoms with Crippen LogP contribution in [0.3, 0.4) is 0 Å². The van der Waals surface area contributed by atoms with Gasteiger partial charge in [-0.1, -0.05) is 30.3 Å². The van der Waals surface area contributed by atoms with Gasteiger partial charge in [-0.3, -0.25) is 4.90 Å². The molecular formula is C16H14F2N2. The molecule has 0 spiro atoms. The van der Waals surface area contributed by atoms with Gasteiger partial charge in [-0.15, -0.1) is 0 Å². The number of halogens is 2. The Morgan fingerprint density at radius 3 is 2.35 bits per heavy atom. The van der Waals surface area contributed by atoms with E-state index in [1.807, 2.05) is 6.07 Å². The van der Waals surface area contributed by atoms with E-state index in [1.165, 1.54) is 12.1 Å². The molecule has 0 heterocycles. The summed E-state index contributed by atoms with van der Waals surface area (Å²) in [4.78, 5) is 1.80. The summed E-state index contributed by atoms with van der Waals surface area (Å²) in [5.41, 5.74) is 1.02. The predicted octanol–water partition coefficient (Wildman–Crippen LogP) is 3.47. The molecule has 0 unspecified atom stereocenters. The van der Waals surface area contributed by atoms with E-state index in [4.69, 9.17) is 5.26 Å². The molecule has 2 nitrogen and oxygen atoms in total. The van der Waals surface area contributed by atoms with Crippen LogP contribution in [0.25, 0.3) is 0 Å². The minimum Gasteiger partial charge on any atom is -0.298 e. The zero-order valence-corrected chi connectivity index (χ0v) is 11.1. The molecule has 0 aliphatic heterocycles. The van der Waals surface area contributed by atoms with E-state index in [0.717, 1.165) is 0 Å². The van der Waals surface area contributed by atoms with E-state index in [-0.39, 0.29) is 11.4 Å². The van der Waals surface area contributed by atoms with E-state index in [2.05, 4.69) is 0 Å². The average molecular weight is 272 g/mol. The molecule has 0 atom stereocenters. The maximum absolute atomic E-state index is 13.9. The van der Waals surface area contributed by atoms with Crippen LogP contribution in [0.15, 0.2) is 42.5 Å². The molecular weight excluding hydrogens is 258 g/mol. The van der Waals surface area contributed by atoms with Crippen LogP contribution >= 0.6 is 0 Å². The molecule has 0 amide bonds. The maximum atomic E-state index is 13.9. The molecule has 0 saturated heterocycles. The van der Waals surface area contributed by atoms with Crippen molar-refractivity contribution in [2.75, 3.05) is 7.05 Å². The first-order valence-electron chi connectivity index (χ1n) is 6.21.